The predicted molar refractivity (Wildman–Crippen MR) is 62.6 cm³/mol. The number of amides is 1. The summed E-state index contributed by atoms with van der Waals surface area (Å²) in [7, 11) is 0. The summed E-state index contributed by atoms with van der Waals surface area (Å²) in [5, 5.41) is 11.4. The van der Waals surface area contributed by atoms with Gasteiger partial charge in [-0.05, 0) is 24.5 Å². The minimum Gasteiger partial charge on any atom is -0.480 e. The molecule has 1 aromatic rings. The Hall–Kier alpha value is -1.91. The number of aromatic nitrogens is 1. The normalized spacial score (nSPS) is 12.2. The topological polar surface area (TPSA) is 79.3 Å². The molecule has 0 spiro atoms. The maximum absolute atomic E-state index is 11.7. The Morgan fingerprint density at radius 3 is 2.59 bits per heavy atom. The molecule has 1 unspecified atom stereocenters. The molecule has 5 nitrogen and oxygen atoms in total. The monoisotopic (exact) mass is 236 g/mol. The van der Waals surface area contributed by atoms with Crippen LogP contribution in [0, 0.1) is 5.92 Å². The van der Waals surface area contributed by atoms with E-state index in [-0.39, 0.29) is 11.6 Å². The molecule has 1 amide bonds. The number of aliphatic carboxylic acids is 1. The second-order valence-corrected chi connectivity index (χ2v) is 4.21. The molecule has 17 heavy (non-hydrogen) atoms. The molecule has 1 heterocycles. The highest BCUT2D eigenvalue weighted by Crippen LogP contribution is 2.06. The standard InChI is InChI=1S/C12H16N2O3/c1-8(2)7-10(12(16)17)14-11(15)9-5-3-4-6-13-9/h3-6,8,10H,7H2,1-2H3,(H,14,15)(H,16,17). The first-order chi connectivity index (χ1) is 8.00. The number of hydrogen-bond acceptors (Lipinski definition) is 3. The van der Waals surface area contributed by atoms with E-state index in [1.54, 1.807) is 18.2 Å². The van der Waals surface area contributed by atoms with Gasteiger partial charge in [0.15, 0.2) is 0 Å². The van der Waals surface area contributed by atoms with Crippen molar-refractivity contribution in [2.45, 2.75) is 26.3 Å². The first kappa shape index (κ1) is 13.2. The molecule has 1 aromatic heterocycles. The molecule has 1 rings (SSSR count). The number of carbonyl (C=O) groups is 2. The van der Waals surface area contributed by atoms with Crippen LogP contribution >= 0.6 is 0 Å². The number of pyridine rings is 1. The predicted octanol–water partition coefficient (Wildman–Crippen LogP) is 1.31. The van der Waals surface area contributed by atoms with Crippen LogP contribution in [0.25, 0.3) is 0 Å². The van der Waals surface area contributed by atoms with Gasteiger partial charge in [0.2, 0.25) is 0 Å². The van der Waals surface area contributed by atoms with E-state index < -0.39 is 17.9 Å². The van der Waals surface area contributed by atoms with Crippen LogP contribution in [0.1, 0.15) is 30.8 Å². The minimum atomic E-state index is -1.03. The van der Waals surface area contributed by atoms with Gasteiger partial charge in [-0.25, -0.2) is 4.79 Å². The Balaban J connectivity index is 2.68. The molecular formula is C12H16N2O3. The summed E-state index contributed by atoms with van der Waals surface area (Å²) in [6, 6.07) is 4.05. The zero-order valence-corrected chi connectivity index (χ0v) is 9.88. The van der Waals surface area contributed by atoms with E-state index in [9.17, 15) is 9.59 Å². The van der Waals surface area contributed by atoms with Gasteiger partial charge in [0.05, 0.1) is 0 Å². The summed E-state index contributed by atoms with van der Waals surface area (Å²) in [6.45, 7) is 3.81. The van der Waals surface area contributed by atoms with Crippen molar-refractivity contribution < 1.29 is 14.7 Å². The number of hydrogen-bond donors (Lipinski definition) is 2. The van der Waals surface area contributed by atoms with Crippen LogP contribution in [0.2, 0.25) is 0 Å². The van der Waals surface area contributed by atoms with Gasteiger partial charge in [0.1, 0.15) is 11.7 Å². The molecule has 92 valence electrons. The van der Waals surface area contributed by atoms with Crippen LogP contribution in [0.5, 0.6) is 0 Å². The fourth-order valence-electron chi connectivity index (χ4n) is 1.42. The van der Waals surface area contributed by atoms with Crippen molar-refractivity contribution in [3.63, 3.8) is 0 Å². The maximum Gasteiger partial charge on any atom is 0.326 e. The maximum atomic E-state index is 11.7. The molecule has 1 atom stereocenters. The quantitative estimate of drug-likeness (QED) is 0.807. The van der Waals surface area contributed by atoms with E-state index in [1.165, 1.54) is 6.20 Å². The largest absolute Gasteiger partial charge is 0.480 e. The van der Waals surface area contributed by atoms with Crippen molar-refractivity contribution in [3.8, 4) is 0 Å². The molecule has 0 aromatic carbocycles. The van der Waals surface area contributed by atoms with Gasteiger partial charge in [0, 0.05) is 6.20 Å². The second kappa shape index (κ2) is 5.98. The van der Waals surface area contributed by atoms with Crippen LogP contribution in [-0.2, 0) is 4.79 Å². The first-order valence-electron chi connectivity index (χ1n) is 5.45. The van der Waals surface area contributed by atoms with Gasteiger partial charge >= 0.3 is 5.97 Å². The van der Waals surface area contributed by atoms with E-state index in [0.717, 1.165) is 0 Å². The fourth-order valence-corrected chi connectivity index (χ4v) is 1.42. The lowest BCUT2D eigenvalue weighted by molar-refractivity contribution is -0.139. The molecule has 0 saturated heterocycles. The smallest absolute Gasteiger partial charge is 0.326 e. The summed E-state index contributed by atoms with van der Waals surface area (Å²) in [4.78, 5) is 26.5. The number of rotatable bonds is 5. The Labute approximate surface area is 99.9 Å². The van der Waals surface area contributed by atoms with Crippen molar-refractivity contribution in [1.82, 2.24) is 10.3 Å². The van der Waals surface area contributed by atoms with Crippen LogP contribution in [-0.4, -0.2) is 28.0 Å². The average Bonchev–Trinajstić information content (AvgIpc) is 2.28. The highest BCUT2D eigenvalue weighted by molar-refractivity contribution is 5.94. The summed E-state index contributed by atoms with van der Waals surface area (Å²) in [5.41, 5.74) is 0.225. The van der Waals surface area contributed by atoms with Gasteiger partial charge in [-0.3, -0.25) is 9.78 Å². The third-order valence-corrected chi connectivity index (χ3v) is 2.21. The van der Waals surface area contributed by atoms with Crippen molar-refractivity contribution in [3.05, 3.63) is 30.1 Å². The Kier molecular flexibility index (Phi) is 4.63. The Bertz CT molecular complexity index is 390. The Morgan fingerprint density at radius 2 is 2.12 bits per heavy atom. The van der Waals surface area contributed by atoms with Crippen molar-refractivity contribution >= 4 is 11.9 Å². The first-order valence-corrected chi connectivity index (χ1v) is 5.45. The molecule has 0 aliphatic rings. The average molecular weight is 236 g/mol. The molecule has 0 aliphatic heterocycles. The Morgan fingerprint density at radius 1 is 1.41 bits per heavy atom. The molecule has 0 bridgehead atoms. The number of carboxylic acid groups (broad SMARTS) is 1. The highest BCUT2D eigenvalue weighted by atomic mass is 16.4. The van der Waals surface area contributed by atoms with E-state index in [4.69, 9.17) is 5.11 Å². The lowest BCUT2D eigenvalue weighted by Gasteiger charge is -2.15. The van der Waals surface area contributed by atoms with E-state index in [0.29, 0.717) is 6.42 Å². The van der Waals surface area contributed by atoms with Crippen molar-refractivity contribution in [2.75, 3.05) is 0 Å². The van der Waals surface area contributed by atoms with E-state index >= 15 is 0 Å². The number of carboxylic acids is 1. The fraction of sp³-hybridized carbons (Fsp3) is 0.417. The van der Waals surface area contributed by atoms with Crippen LogP contribution in [0.4, 0.5) is 0 Å². The zero-order chi connectivity index (χ0) is 12.8. The van der Waals surface area contributed by atoms with Crippen LogP contribution < -0.4 is 5.32 Å². The third-order valence-electron chi connectivity index (χ3n) is 2.21. The molecule has 0 fully saturated rings. The molecule has 2 N–H and O–H groups in total. The van der Waals surface area contributed by atoms with Crippen LogP contribution in [0.15, 0.2) is 24.4 Å². The number of nitrogens with zero attached hydrogens (tertiary/aromatic N) is 1. The van der Waals surface area contributed by atoms with E-state index in [1.807, 2.05) is 13.8 Å². The van der Waals surface area contributed by atoms with Crippen molar-refractivity contribution in [1.29, 1.82) is 0 Å². The summed E-state index contributed by atoms with van der Waals surface area (Å²) < 4.78 is 0. The van der Waals surface area contributed by atoms with Crippen LogP contribution in [0.3, 0.4) is 0 Å². The third kappa shape index (κ3) is 4.22. The molecule has 0 aliphatic carbocycles. The van der Waals surface area contributed by atoms with E-state index in [2.05, 4.69) is 10.3 Å². The lowest BCUT2D eigenvalue weighted by atomic mass is 10.0. The van der Waals surface area contributed by atoms with Gasteiger partial charge in [-0.1, -0.05) is 19.9 Å². The summed E-state index contributed by atoms with van der Waals surface area (Å²) in [5.74, 6) is -1.29. The SMILES string of the molecule is CC(C)CC(NC(=O)c1ccccn1)C(=O)O. The second-order valence-electron chi connectivity index (χ2n) is 4.21. The zero-order valence-electron chi connectivity index (χ0n) is 9.88. The summed E-state index contributed by atoms with van der Waals surface area (Å²) in [6.07, 6.45) is 1.89. The van der Waals surface area contributed by atoms with Gasteiger partial charge in [-0.2, -0.15) is 0 Å². The molecular weight excluding hydrogens is 220 g/mol. The molecule has 0 radical (unpaired) electrons. The molecule has 0 saturated carbocycles. The van der Waals surface area contributed by atoms with Gasteiger partial charge < -0.3 is 10.4 Å². The minimum absolute atomic E-state index is 0.195. The highest BCUT2D eigenvalue weighted by Gasteiger charge is 2.21. The number of carbonyl (C=O) groups excluding carboxylic acids is 1. The van der Waals surface area contributed by atoms with Gasteiger partial charge in [-0.15, -0.1) is 0 Å². The lowest BCUT2D eigenvalue weighted by Crippen LogP contribution is -2.41. The van der Waals surface area contributed by atoms with Crippen molar-refractivity contribution in [2.24, 2.45) is 5.92 Å². The van der Waals surface area contributed by atoms with Gasteiger partial charge in [0.25, 0.3) is 5.91 Å². The number of nitrogens with one attached hydrogen (secondary N) is 1. The molecule has 5 heteroatoms. The summed E-state index contributed by atoms with van der Waals surface area (Å²) >= 11 is 0.